The molecule has 0 fully saturated rings. The monoisotopic (exact) mass is 788 g/mol. The molecule has 13 heteroatoms. The smallest absolute Gasteiger partial charge is 0.408 e. The summed E-state index contributed by atoms with van der Waals surface area (Å²) in [5.41, 5.74) is -2.33. The Balaban J connectivity index is 2.21. The molecular formula is C43H62F2N2O9. The lowest BCUT2D eigenvalue weighted by Gasteiger charge is -2.31. The number of benzene rings is 2. The molecule has 11 nitrogen and oxygen atoms in total. The first-order valence-electron chi connectivity index (χ1n) is 19.0. The van der Waals surface area contributed by atoms with Crippen molar-refractivity contribution >= 4 is 29.7 Å². The molecule has 3 atom stereocenters. The number of alkyl carbamates (subject to hydrolysis) is 2. The molecule has 0 radical (unpaired) electrons. The van der Waals surface area contributed by atoms with Gasteiger partial charge in [0.2, 0.25) is 0 Å². The number of esters is 1. The number of hydrogen-bond acceptors (Lipinski definition) is 9. The average molecular weight is 789 g/mol. The Morgan fingerprint density at radius 2 is 1.30 bits per heavy atom. The molecule has 0 saturated carbocycles. The predicted octanol–water partition coefficient (Wildman–Crippen LogP) is 8.58. The minimum absolute atomic E-state index is 0.00402. The summed E-state index contributed by atoms with van der Waals surface area (Å²) in [5, 5.41) is 5.32. The second-order valence-corrected chi connectivity index (χ2v) is 18.0. The predicted molar refractivity (Wildman–Crippen MR) is 209 cm³/mol. The molecule has 2 rings (SSSR count). The van der Waals surface area contributed by atoms with E-state index in [-0.39, 0.29) is 50.2 Å². The maximum absolute atomic E-state index is 14.5. The van der Waals surface area contributed by atoms with E-state index in [4.69, 9.17) is 18.9 Å². The number of ketones is 2. The third kappa shape index (κ3) is 19.0. The van der Waals surface area contributed by atoms with Crippen LogP contribution in [-0.2, 0) is 46.4 Å². The first kappa shape index (κ1) is 47.8. The molecule has 0 aliphatic carbocycles. The fraction of sp³-hybridized carbons (Fsp3) is 0.605. The van der Waals surface area contributed by atoms with Crippen LogP contribution in [0, 0.1) is 22.5 Å². The summed E-state index contributed by atoms with van der Waals surface area (Å²) in [5.74, 6) is -2.66. The van der Waals surface area contributed by atoms with E-state index in [1.165, 1.54) is 0 Å². The zero-order chi connectivity index (χ0) is 42.5. The Morgan fingerprint density at radius 1 is 0.732 bits per heavy atom. The second kappa shape index (κ2) is 20.7. The number of ether oxygens (including phenoxy) is 4. The van der Waals surface area contributed by atoms with Crippen LogP contribution in [0.4, 0.5) is 18.4 Å². The molecule has 0 saturated heterocycles. The highest BCUT2D eigenvalue weighted by atomic mass is 19.1. The summed E-state index contributed by atoms with van der Waals surface area (Å²) in [6.45, 7) is 18.9. The first-order chi connectivity index (χ1) is 25.7. The van der Waals surface area contributed by atoms with Gasteiger partial charge >= 0.3 is 18.2 Å². The van der Waals surface area contributed by atoms with Crippen molar-refractivity contribution in [2.45, 2.75) is 151 Å². The van der Waals surface area contributed by atoms with Crippen LogP contribution in [0.15, 0.2) is 48.5 Å². The second-order valence-electron chi connectivity index (χ2n) is 18.0. The van der Waals surface area contributed by atoms with Gasteiger partial charge in [0.1, 0.15) is 28.6 Å². The van der Waals surface area contributed by atoms with E-state index >= 15 is 0 Å². The minimum atomic E-state index is -1.41. The van der Waals surface area contributed by atoms with Crippen molar-refractivity contribution in [3.8, 4) is 0 Å². The lowest BCUT2D eigenvalue weighted by molar-refractivity contribution is -0.166. The van der Waals surface area contributed by atoms with E-state index in [0.717, 1.165) is 23.8 Å². The number of amides is 2. The van der Waals surface area contributed by atoms with Crippen molar-refractivity contribution in [3.63, 3.8) is 0 Å². The Bertz CT molecular complexity index is 1630. The number of halogens is 2. The molecule has 0 spiro atoms. The zero-order valence-corrected chi connectivity index (χ0v) is 34.9. The molecule has 0 bridgehead atoms. The number of Topliss-reactive ketones (excluding diaryl/α,β-unsaturated/α-hetero) is 2. The van der Waals surface area contributed by atoms with E-state index in [1.54, 1.807) is 62.3 Å². The maximum Gasteiger partial charge on any atom is 0.408 e. The lowest BCUT2D eigenvalue weighted by Crippen LogP contribution is -2.53. The molecule has 2 aromatic carbocycles. The molecule has 312 valence electrons. The van der Waals surface area contributed by atoms with Gasteiger partial charge in [-0.05, 0) is 116 Å². The van der Waals surface area contributed by atoms with E-state index in [0.29, 0.717) is 12.8 Å². The lowest BCUT2D eigenvalue weighted by atomic mass is 9.80. The Morgan fingerprint density at radius 3 is 1.88 bits per heavy atom. The third-order valence-corrected chi connectivity index (χ3v) is 8.44. The normalized spacial score (nSPS) is 13.9. The fourth-order valence-electron chi connectivity index (χ4n) is 5.40. The van der Waals surface area contributed by atoms with Crippen molar-refractivity contribution in [2.24, 2.45) is 10.8 Å². The maximum atomic E-state index is 14.5. The molecule has 3 unspecified atom stereocenters. The SMILES string of the molecule is CC(C)(CCC(=O)CC(Cc1cc(F)ccc1F)NC(=O)OC(C)(C)C)CCC(=O)C(OC(=O)C(C)(C)C)C(COCc1ccccc1)NC(=O)OC(C)(C)C. The Hall–Kier alpha value is -4.39. The summed E-state index contributed by atoms with van der Waals surface area (Å²) in [7, 11) is 0. The van der Waals surface area contributed by atoms with E-state index in [1.807, 2.05) is 44.2 Å². The molecule has 0 heterocycles. The summed E-state index contributed by atoms with van der Waals surface area (Å²) in [6.07, 6.45) is -2.69. The van der Waals surface area contributed by atoms with Crippen LogP contribution in [0.25, 0.3) is 0 Å². The van der Waals surface area contributed by atoms with Crippen LogP contribution in [0.5, 0.6) is 0 Å². The van der Waals surface area contributed by atoms with Gasteiger partial charge < -0.3 is 29.6 Å². The van der Waals surface area contributed by atoms with Crippen molar-refractivity contribution in [2.75, 3.05) is 6.61 Å². The summed E-state index contributed by atoms with van der Waals surface area (Å²) in [4.78, 5) is 66.1. The molecule has 56 heavy (non-hydrogen) atoms. The Labute approximate surface area is 330 Å². The number of nitrogens with one attached hydrogen (secondary N) is 2. The van der Waals surface area contributed by atoms with Gasteiger partial charge in [0.05, 0.1) is 24.7 Å². The molecule has 2 amide bonds. The van der Waals surface area contributed by atoms with E-state index < -0.39 is 75.8 Å². The standard InChI is InChI=1S/C43H62F2N2O9/c1-40(2,3)37(50)54-36(34(47-39(52)56-42(7,8)9)27-53-26-28-15-13-12-14-16-28)35(49)20-22-43(10,11)21-19-32(48)25-31(46-38(51)55-41(4,5)6)24-29-23-30(44)17-18-33(29)45/h12-18,23,31,34,36H,19-22,24-27H2,1-11H3,(H,46,51)(H,47,52). The highest BCUT2D eigenvalue weighted by molar-refractivity contribution is 5.88. The van der Waals surface area contributed by atoms with E-state index in [9.17, 15) is 32.8 Å². The van der Waals surface area contributed by atoms with E-state index in [2.05, 4.69) is 10.6 Å². The first-order valence-corrected chi connectivity index (χ1v) is 19.0. The van der Waals surface area contributed by atoms with Crippen molar-refractivity contribution in [1.82, 2.24) is 10.6 Å². The van der Waals surface area contributed by atoms with Gasteiger partial charge in [-0.15, -0.1) is 0 Å². The summed E-state index contributed by atoms with van der Waals surface area (Å²) < 4.78 is 51.0. The fourth-order valence-corrected chi connectivity index (χ4v) is 5.40. The number of carbonyl (C=O) groups excluding carboxylic acids is 5. The van der Waals surface area contributed by atoms with Crippen LogP contribution < -0.4 is 10.6 Å². The molecule has 0 aliphatic heterocycles. The van der Waals surface area contributed by atoms with Gasteiger partial charge in [-0.1, -0.05) is 44.2 Å². The van der Waals surface area contributed by atoms with Crippen LogP contribution in [0.1, 0.15) is 119 Å². The number of carbonyl (C=O) groups is 5. The molecule has 2 aromatic rings. The molecule has 2 N–H and O–H groups in total. The van der Waals surface area contributed by atoms with Crippen molar-refractivity contribution in [3.05, 3.63) is 71.3 Å². The zero-order valence-electron chi connectivity index (χ0n) is 34.9. The quantitative estimate of drug-likeness (QED) is 0.106. The van der Waals surface area contributed by atoms with Crippen molar-refractivity contribution < 1.29 is 51.7 Å². The average Bonchev–Trinajstić information content (AvgIpc) is 3.04. The highest BCUT2D eigenvalue weighted by Crippen LogP contribution is 2.30. The van der Waals surface area contributed by atoms with Gasteiger partial charge in [0, 0.05) is 25.3 Å². The summed E-state index contributed by atoms with van der Waals surface area (Å²) in [6, 6.07) is 10.4. The van der Waals surface area contributed by atoms with Crippen molar-refractivity contribution in [1.29, 1.82) is 0 Å². The summed E-state index contributed by atoms with van der Waals surface area (Å²) >= 11 is 0. The van der Waals surface area contributed by atoms with Gasteiger partial charge in [-0.3, -0.25) is 14.4 Å². The van der Waals surface area contributed by atoms with Crippen LogP contribution in [-0.4, -0.2) is 65.7 Å². The molecule has 0 aromatic heterocycles. The molecular weight excluding hydrogens is 726 g/mol. The number of hydrogen-bond donors (Lipinski definition) is 2. The third-order valence-electron chi connectivity index (χ3n) is 8.44. The largest absolute Gasteiger partial charge is 0.452 e. The number of rotatable bonds is 19. The van der Waals surface area contributed by atoms with Crippen LogP contribution >= 0.6 is 0 Å². The van der Waals surface area contributed by atoms with Gasteiger partial charge in [-0.2, -0.15) is 0 Å². The minimum Gasteiger partial charge on any atom is -0.452 e. The highest BCUT2D eigenvalue weighted by Gasteiger charge is 2.38. The van der Waals surface area contributed by atoms with Crippen LogP contribution in [0.2, 0.25) is 0 Å². The van der Waals surface area contributed by atoms with Gasteiger partial charge in [0.25, 0.3) is 0 Å². The topological polar surface area (TPSA) is 146 Å². The molecule has 0 aliphatic rings. The van der Waals surface area contributed by atoms with Gasteiger partial charge in [0.15, 0.2) is 11.9 Å². The van der Waals surface area contributed by atoms with Crippen LogP contribution in [0.3, 0.4) is 0 Å². The van der Waals surface area contributed by atoms with Gasteiger partial charge in [-0.25, -0.2) is 18.4 Å². The Kier molecular flexibility index (Phi) is 17.6.